The highest BCUT2D eigenvalue weighted by Crippen LogP contribution is 2.39. The van der Waals surface area contributed by atoms with Crippen LogP contribution in [0.2, 0.25) is 0 Å². The van der Waals surface area contributed by atoms with Crippen LogP contribution in [0.1, 0.15) is 12.0 Å². The van der Waals surface area contributed by atoms with Gasteiger partial charge < -0.3 is 0 Å². The fourth-order valence-corrected chi connectivity index (χ4v) is 3.77. The maximum absolute atomic E-state index is 14.6. The summed E-state index contributed by atoms with van der Waals surface area (Å²) in [5, 5.41) is 0. The molecule has 2 unspecified atom stereocenters. The zero-order valence-electron chi connectivity index (χ0n) is 13.8. The molecule has 4 heteroatoms. The molecule has 0 bridgehead atoms. The number of hydrogen-bond acceptors (Lipinski definition) is 1. The van der Waals surface area contributed by atoms with Gasteiger partial charge in [0.2, 0.25) is 0 Å². The van der Waals surface area contributed by atoms with Gasteiger partial charge in [0.15, 0.2) is 11.5 Å². The van der Waals surface area contributed by atoms with Gasteiger partial charge >= 0.3 is 0 Å². The summed E-state index contributed by atoms with van der Waals surface area (Å²) in [6.45, 7) is 0.680. The van der Waals surface area contributed by atoms with Crippen LogP contribution in [-0.4, -0.2) is 18.8 Å². The van der Waals surface area contributed by atoms with E-state index in [1.807, 2.05) is 42.8 Å². The van der Waals surface area contributed by atoms with E-state index in [-0.39, 0.29) is 10.5 Å². The van der Waals surface area contributed by atoms with Gasteiger partial charge in [-0.05, 0) is 17.7 Å². The minimum Gasteiger partial charge on any atom is -0.283 e. The van der Waals surface area contributed by atoms with Crippen molar-refractivity contribution >= 4 is 11.9 Å². The summed E-state index contributed by atoms with van der Waals surface area (Å²) in [6, 6.07) is 14.0. The van der Waals surface area contributed by atoms with Crippen molar-refractivity contribution in [3.05, 3.63) is 89.8 Å². The van der Waals surface area contributed by atoms with Crippen molar-refractivity contribution in [2.45, 2.75) is 18.9 Å². The second-order valence-corrected chi connectivity index (χ2v) is 6.45. The van der Waals surface area contributed by atoms with Crippen molar-refractivity contribution in [3.63, 3.8) is 0 Å². The predicted molar refractivity (Wildman–Crippen MR) is 97.3 cm³/mol. The lowest BCUT2D eigenvalue weighted by molar-refractivity contribution is 0.424. The number of fused-ring (bicyclic) bond motifs is 1. The van der Waals surface area contributed by atoms with Crippen molar-refractivity contribution < 1.29 is 8.78 Å². The standard InChI is InChI=1S/C21H19F2N2/c22-17-9-10-20(18(23)15-17)25-12-4-8-21(25)19(24-11-5-13-25)14-16-6-2-1-3-7-16/h1-4,6-12,15,19H,5,13-14H2/q+1. The van der Waals surface area contributed by atoms with E-state index in [4.69, 9.17) is 4.99 Å². The second-order valence-electron chi connectivity index (χ2n) is 6.45. The Hall–Kier alpha value is -2.59. The smallest absolute Gasteiger partial charge is 0.187 e. The van der Waals surface area contributed by atoms with Crippen LogP contribution in [0.15, 0.2) is 77.6 Å². The molecule has 2 atom stereocenters. The highest BCUT2D eigenvalue weighted by Gasteiger charge is 2.43. The highest BCUT2D eigenvalue weighted by atomic mass is 19.1. The van der Waals surface area contributed by atoms with Crippen molar-refractivity contribution in [2.75, 3.05) is 6.54 Å². The topological polar surface area (TPSA) is 12.4 Å². The SMILES string of the molecule is Fc1ccc([N+]23C=CC=C2C(Cc2ccccc2)N=CCC3)c(F)c1. The number of nitrogens with zero attached hydrogens (tertiary/aromatic N) is 2. The van der Waals surface area contributed by atoms with E-state index in [1.54, 1.807) is 6.07 Å². The molecular weight excluding hydrogens is 318 g/mol. The third-order valence-electron chi connectivity index (χ3n) is 4.92. The van der Waals surface area contributed by atoms with Crippen LogP contribution in [0.5, 0.6) is 0 Å². The second kappa shape index (κ2) is 6.37. The fourth-order valence-electron chi connectivity index (χ4n) is 3.77. The van der Waals surface area contributed by atoms with Gasteiger partial charge in [0.05, 0.1) is 6.54 Å². The summed E-state index contributed by atoms with van der Waals surface area (Å²) < 4.78 is 28.3. The zero-order valence-corrected chi connectivity index (χ0v) is 13.8. The summed E-state index contributed by atoms with van der Waals surface area (Å²) in [7, 11) is 0. The molecule has 0 fully saturated rings. The van der Waals surface area contributed by atoms with E-state index in [0.717, 1.165) is 24.6 Å². The molecule has 2 nitrogen and oxygen atoms in total. The van der Waals surface area contributed by atoms with Crippen molar-refractivity contribution in [1.29, 1.82) is 0 Å². The normalized spacial score (nSPS) is 24.7. The Morgan fingerprint density at radius 3 is 2.72 bits per heavy atom. The fraction of sp³-hybridized carbons (Fsp3) is 0.190. The van der Waals surface area contributed by atoms with Crippen LogP contribution in [0.3, 0.4) is 0 Å². The van der Waals surface area contributed by atoms with Gasteiger partial charge in [-0.1, -0.05) is 30.3 Å². The average molecular weight is 337 g/mol. The Labute approximate surface area is 146 Å². The first-order valence-electron chi connectivity index (χ1n) is 8.48. The Morgan fingerprint density at radius 2 is 1.92 bits per heavy atom. The summed E-state index contributed by atoms with van der Waals surface area (Å²) in [5.41, 5.74) is 2.70. The molecule has 0 spiro atoms. The molecule has 0 amide bonds. The van der Waals surface area contributed by atoms with Crippen LogP contribution >= 0.6 is 0 Å². The number of rotatable bonds is 3. The maximum Gasteiger partial charge on any atom is 0.187 e. The molecule has 126 valence electrons. The minimum atomic E-state index is -0.555. The van der Waals surface area contributed by atoms with Gasteiger partial charge in [0.1, 0.15) is 23.8 Å². The van der Waals surface area contributed by atoms with Crippen LogP contribution in [0.4, 0.5) is 14.5 Å². The number of hydrogen-bond donors (Lipinski definition) is 0. The largest absolute Gasteiger partial charge is 0.283 e. The molecule has 2 aliphatic rings. The molecule has 2 aromatic carbocycles. The molecule has 2 aromatic rings. The summed E-state index contributed by atoms with van der Waals surface area (Å²) in [4.78, 5) is 4.73. The third-order valence-corrected chi connectivity index (χ3v) is 4.92. The Kier molecular flexibility index (Phi) is 4.06. The van der Waals surface area contributed by atoms with Crippen molar-refractivity contribution in [2.24, 2.45) is 4.99 Å². The first-order chi connectivity index (χ1) is 12.2. The monoisotopic (exact) mass is 337 g/mol. The molecule has 0 radical (unpaired) electrons. The van der Waals surface area contributed by atoms with Crippen LogP contribution in [0, 0.1) is 11.6 Å². The molecule has 25 heavy (non-hydrogen) atoms. The van der Waals surface area contributed by atoms with Gasteiger partial charge in [0, 0.05) is 37.3 Å². The lowest BCUT2D eigenvalue weighted by Gasteiger charge is -2.34. The first-order valence-corrected chi connectivity index (χ1v) is 8.48. The molecule has 2 aliphatic heterocycles. The molecule has 0 N–H and O–H groups in total. The number of aliphatic imine (C=N–C) groups is 1. The molecule has 0 saturated heterocycles. The number of benzene rings is 2. The van der Waals surface area contributed by atoms with Crippen LogP contribution in [0.25, 0.3) is 0 Å². The molecule has 0 saturated carbocycles. The van der Waals surface area contributed by atoms with Crippen LogP contribution < -0.4 is 4.48 Å². The molecule has 0 aromatic heterocycles. The Bertz CT molecular complexity index is 871. The maximum atomic E-state index is 14.6. The zero-order chi connectivity index (χ0) is 17.3. The lowest BCUT2D eigenvalue weighted by atomic mass is 10.0. The molecule has 0 aliphatic carbocycles. The summed E-state index contributed by atoms with van der Waals surface area (Å²) >= 11 is 0. The number of allylic oxidation sites excluding steroid dienone is 2. The molecule has 4 rings (SSSR count). The van der Waals surface area contributed by atoms with Crippen LogP contribution in [-0.2, 0) is 6.42 Å². The van der Waals surface area contributed by atoms with E-state index in [1.165, 1.54) is 11.6 Å². The Balaban J connectivity index is 1.75. The van der Waals surface area contributed by atoms with E-state index < -0.39 is 11.6 Å². The van der Waals surface area contributed by atoms with Crippen molar-refractivity contribution in [1.82, 2.24) is 4.48 Å². The van der Waals surface area contributed by atoms with E-state index in [9.17, 15) is 8.78 Å². The van der Waals surface area contributed by atoms with E-state index >= 15 is 0 Å². The average Bonchev–Trinajstić information content (AvgIpc) is 2.96. The quantitative estimate of drug-likeness (QED) is 0.716. The first kappa shape index (κ1) is 15.9. The summed E-state index contributed by atoms with van der Waals surface area (Å²) in [5.74, 6) is -1.07. The Morgan fingerprint density at radius 1 is 1.08 bits per heavy atom. The van der Waals surface area contributed by atoms with Gasteiger partial charge in [-0.2, -0.15) is 0 Å². The lowest BCUT2D eigenvalue weighted by Crippen LogP contribution is -2.45. The van der Waals surface area contributed by atoms with Gasteiger partial charge in [0.25, 0.3) is 0 Å². The van der Waals surface area contributed by atoms with E-state index in [2.05, 4.69) is 12.1 Å². The highest BCUT2D eigenvalue weighted by molar-refractivity contribution is 5.65. The molecular formula is C21H19F2N2+. The molecule has 2 heterocycles. The van der Waals surface area contributed by atoms with Crippen molar-refractivity contribution in [3.8, 4) is 0 Å². The predicted octanol–water partition coefficient (Wildman–Crippen LogP) is 4.77. The summed E-state index contributed by atoms with van der Waals surface area (Å²) in [6.07, 6.45) is 9.40. The third kappa shape index (κ3) is 2.83. The van der Waals surface area contributed by atoms with E-state index in [0.29, 0.717) is 12.2 Å². The number of quaternary nitrogens is 1. The number of halogens is 2. The minimum absolute atomic E-state index is 0.0654. The van der Waals surface area contributed by atoms with Gasteiger partial charge in [-0.25, -0.2) is 13.3 Å². The van der Waals surface area contributed by atoms with Gasteiger partial charge in [-0.3, -0.25) is 4.99 Å². The van der Waals surface area contributed by atoms with Gasteiger partial charge in [-0.15, -0.1) is 0 Å².